The fraction of sp³-hybridized carbons (Fsp3) is 0.400. The highest BCUT2D eigenvalue weighted by atomic mass is 16.5. The quantitative estimate of drug-likeness (QED) is 0.650. The van der Waals surface area contributed by atoms with Crippen LogP contribution < -0.4 is 4.90 Å². The number of ether oxygens (including phenoxy) is 1. The van der Waals surface area contributed by atoms with Gasteiger partial charge in [0, 0.05) is 25.9 Å². The lowest BCUT2D eigenvalue weighted by molar-refractivity contribution is 0.0788. The fourth-order valence-electron chi connectivity index (χ4n) is 1.38. The van der Waals surface area contributed by atoms with Crippen LogP contribution in [0, 0.1) is 6.07 Å². The van der Waals surface area contributed by atoms with Gasteiger partial charge in [0.05, 0.1) is 6.10 Å². The van der Waals surface area contributed by atoms with Crippen molar-refractivity contribution in [2.24, 2.45) is 0 Å². The smallest absolute Gasteiger partial charge is 0.0920 e. The van der Waals surface area contributed by atoms with E-state index in [4.69, 9.17) is 4.74 Å². The zero-order valence-electron chi connectivity index (χ0n) is 7.16. The van der Waals surface area contributed by atoms with Crippen LogP contribution in [0.4, 0.5) is 5.69 Å². The number of hydrogen-bond donors (Lipinski definition) is 0. The molecule has 0 bridgehead atoms. The third-order valence-corrected chi connectivity index (χ3v) is 2.24. The Bertz CT molecular complexity index is 241. The Morgan fingerprint density at radius 1 is 1.58 bits per heavy atom. The molecule has 0 saturated carbocycles. The summed E-state index contributed by atoms with van der Waals surface area (Å²) in [5, 5.41) is 0. The summed E-state index contributed by atoms with van der Waals surface area (Å²) in [7, 11) is 1.76. The van der Waals surface area contributed by atoms with Crippen LogP contribution in [-0.2, 0) is 4.74 Å². The van der Waals surface area contributed by atoms with Crippen molar-refractivity contribution in [1.82, 2.24) is 0 Å². The molecule has 1 saturated heterocycles. The van der Waals surface area contributed by atoms with Gasteiger partial charge in [-0.1, -0.05) is 12.1 Å². The summed E-state index contributed by atoms with van der Waals surface area (Å²) in [5.41, 5.74) is 1.24. The predicted molar refractivity (Wildman–Crippen MR) is 48.3 cm³/mol. The summed E-state index contributed by atoms with van der Waals surface area (Å²) >= 11 is 0. The molecule has 0 unspecified atom stereocenters. The molecule has 2 heteroatoms. The fourth-order valence-corrected chi connectivity index (χ4v) is 1.38. The predicted octanol–water partition coefficient (Wildman–Crippen LogP) is 1.32. The van der Waals surface area contributed by atoms with Crippen LogP contribution >= 0.6 is 0 Å². The van der Waals surface area contributed by atoms with Gasteiger partial charge in [0.25, 0.3) is 0 Å². The van der Waals surface area contributed by atoms with Gasteiger partial charge in [-0.2, -0.15) is 0 Å². The largest absolute Gasteiger partial charge is 0.378 e. The van der Waals surface area contributed by atoms with Crippen LogP contribution in [0.25, 0.3) is 0 Å². The maximum absolute atomic E-state index is 5.19. The molecule has 0 aliphatic carbocycles. The second-order valence-electron chi connectivity index (χ2n) is 3.02. The molecule has 1 fully saturated rings. The molecule has 0 atom stereocenters. The number of methoxy groups -OCH3 is 1. The van der Waals surface area contributed by atoms with Crippen molar-refractivity contribution in [2.75, 3.05) is 25.1 Å². The van der Waals surface area contributed by atoms with E-state index in [-0.39, 0.29) is 0 Å². The second-order valence-corrected chi connectivity index (χ2v) is 3.02. The minimum absolute atomic E-state index is 0.421. The van der Waals surface area contributed by atoms with E-state index >= 15 is 0 Å². The summed E-state index contributed by atoms with van der Waals surface area (Å²) in [4.78, 5) is 2.28. The van der Waals surface area contributed by atoms with Gasteiger partial charge >= 0.3 is 0 Å². The molecule has 12 heavy (non-hydrogen) atoms. The average molecular weight is 162 g/mol. The highest BCUT2D eigenvalue weighted by Gasteiger charge is 2.25. The van der Waals surface area contributed by atoms with E-state index in [1.54, 1.807) is 7.11 Å². The highest BCUT2D eigenvalue weighted by molar-refractivity contribution is 5.48. The van der Waals surface area contributed by atoms with Crippen LogP contribution in [0.1, 0.15) is 0 Å². The molecular formula is C10H12NO. The molecular weight excluding hydrogens is 150 g/mol. The standard InChI is InChI=1S/C10H12NO/c1-12-10-7-11(8-10)9-5-3-2-4-6-9/h2-3,5-6,10H,7-8H2,1H3. The SMILES string of the molecule is COC1CN(c2c[c]ccc2)C1. The van der Waals surface area contributed by atoms with Crippen molar-refractivity contribution >= 4 is 5.69 Å². The molecule has 1 aliphatic heterocycles. The summed E-state index contributed by atoms with van der Waals surface area (Å²) in [6.45, 7) is 2.02. The van der Waals surface area contributed by atoms with Gasteiger partial charge in [-0.15, -0.1) is 0 Å². The van der Waals surface area contributed by atoms with Crippen LogP contribution in [0.5, 0.6) is 0 Å². The molecule has 2 rings (SSSR count). The lowest BCUT2D eigenvalue weighted by Crippen LogP contribution is -2.51. The number of rotatable bonds is 2. The first-order chi connectivity index (χ1) is 5.90. The van der Waals surface area contributed by atoms with Crippen LogP contribution in [-0.4, -0.2) is 26.3 Å². The lowest BCUT2D eigenvalue weighted by atomic mass is 10.1. The Morgan fingerprint density at radius 2 is 2.42 bits per heavy atom. The highest BCUT2D eigenvalue weighted by Crippen LogP contribution is 2.20. The molecule has 0 amide bonds. The lowest BCUT2D eigenvalue weighted by Gasteiger charge is -2.39. The minimum atomic E-state index is 0.421. The number of hydrogen-bond acceptors (Lipinski definition) is 2. The van der Waals surface area contributed by atoms with Crippen molar-refractivity contribution in [3.63, 3.8) is 0 Å². The van der Waals surface area contributed by atoms with Gasteiger partial charge in [0.15, 0.2) is 0 Å². The Morgan fingerprint density at radius 3 is 3.00 bits per heavy atom. The maximum Gasteiger partial charge on any atom is 0.0920 e. The topological polar surface area (TPSA) is 12.5 Å². The Kier molecular flexibility index (Phi) is 2.00. The second kappa shape index (κ2) is 3.15. The monoisotopic (exact) mass is 162 g/mol. The van der Waals surface area contributed by atoms with Gasteiger partial charge in [-0.3, -0.25) is 0 Å². The maximum atomic E-state index is 5.19. The van der Waals surface area contributed by atoms with Crippen molar-refractivity contribution in [1.29, 1.82) is 0 Å². The summed E-state index contributed by atoms with van der Waals surface area (Å²) < 4.78 is 5.19. The van der Waals surface area contributed by atoms with Gasteiger partial charge < -0.3 is 9.64 Å². The third kappa shape index (κ3) is 1.30. The minimum Gasteiger partial charge on any atom is -0.378 e. The molecule has 1 radical (unpaired) electrons. The molecule has 1 aromatic carbocycles. The number of benzene rings is 1. The molecule has 2 nitrogen and oxygen atoms in total. The van der Waals surface area contributed by atoms with E-state index in [2.05, 4.69) is 17.0 Å². The molecule has 1 aliphatic rings. The first kappa shape index (κ1) is 7.62. The van der Waals surface area contributed by atoms with E-state index in [0.717, 1.165) is 13.1 Å². The zero-order chi connectivity index (χ0) is 8.39. The summed E-state index contributed by atoms with van der Waals surface area (Å²) in [6, 6.07) is 11.1. The third-order valence-electron chi connectivity index (χ3n) is 2.24. The van der Waals surface area contributed by atoms with Crippen LogP contribution in [0.2, 0.25) is 0 Å². The first-order valence-electron chi connectivity index (χ1n) is 4.14. The first-order valence-corrected chi connectivity index (χ1v) is 4.14. The van der Waals surface area contributed by atoms with Crippen LogP contribution in [0.15, 0.2) is 24.3 Å². The van der Waals surface area contributed by atoms with Gasteiger partial charge in [-0.25, -0.2) is 0 Å². The Hall–Kier alpha value is -1.02. The van der Waals surface area contributed by atoms with E-state index in [0.29, 0.717) is 6.10 Å². The van der Waals surface area contributed by atoms with Crippen LogP contribution in [0.3, 0.4) is 0 Å². The molecule has 0 spiro atoms. The van der Waals surface area contributed by atoms with Crippen molar-refractivity contribution < 1.29 is 4.74 Å². The van der Waals surface area contributed by atoms with E-state index in [9.17, 15) is 0 Å². The molecule has 0 aromatic heterocycles. The van der Waals surface area contributed by atoms with Crippen molar-refractivity contribution in [2.45, 2.75) is 6.10 Å². The van der Waals surface area contributed by atoms with Crippen molar-refractivity contribution in [3.8, 4) is 0 Å². The van der Waals surface area contributed by atoms with Crippen molar-refractivity contribution in [3.05, 3.63) is 30.3 Å². The number of anilines is 1. The average Bonchev–Trinajstić information content (AvgIpc) is 2.04. The van der Waals surface area contributed by atoms with Gasteiger partial charge in [-0.05, 0) is 18.2 Å². The number of nitrogens with zero attached hydrogens (tertiary/aromatic N) is 1. The zero-order valence-corrected chi connectivity index (χ0v) is 7.16. The van der Waals surface area contributed by atoms with E-state index < -0.39 is 0 Å². The molecule has 1 aromatic rings. The van der Waals surface area contributed by atoms with E-state index in [1.807, 2.05) is 18.2 Å². The summed E-state index contributed by atoms with van der Waals surface area (Å²) in [6.07, 6.45) is 0.421. The molecule has 0 N–H and O–H groups in total. The molecule has 63 valence electrons. The Labute approximate surface area is 72.8 Å². The van der Waals surface area contributed by atoms with Gasteiger partial charge in [0.1, 0.15) is 0 Å². The Balaban J connectivity index is 1.97. The molecule has 1 heterocycles. The van der Waals surface area contributed by atoms with Gasteiger partial charge in [0.2, 0.25) is 0 Å². The summed E-state index contributed by atoms with van der Waals surface area (Å²) in [5.74, 6) is 0. The normalized spacial score (nSPS) is 17.6. The van der Waals surface area contributed by atoms with E-state index in [1.165, 1.54) is 5.69 Å².